The van der Waals surface area contributed by atoms with Crippen molar-refractivity contribution < 1.29 is 19.1 Å². The second kappa shape index (κ2) is 10.9. The van der Waals surface area contributed by atoms with Gasteiger partial charge in [0.1, 0.15) is 11.5 Å². The fourth-order valence-corrected chi connectivity index (χ4v) is 5.76. The number of nitriles is 1. The number of thioether (sulfide) groups is 1. The number of ether oxygens (including phenoxy) is 2. The number of ketones is 1. The molecular weight excluding hydrogens is 510 g/mol. The number of carbonyl (C=O) groups is 2. The van der Waals surface area contributed by atoms with Crippen LogP contribution in [-0.4, -0.2) is 31.7 Å². The molecule has 1 heterocycles. The Labute approximate surface area is 225 Å². The molecule has 37 heavy (non-hydrogen) atoms. The number of dihydropyridines is 1. The maximum atomic E-state index is 13.3. The van der Waals surface area contributed by atoms with Crippen molar-refractivity contribution in [3.63, 3.8) is 0 Å². The standard InChI is InChI=1S/C28H28ClN3O4S/c1-28(2)12-21-26(22(33)13-28)25(16-5-8-18(35-3)9-6-16)19(14-30)27(32-21)37-15-24(34)31-20-11-17(29)7-10-23(20)36-4/h5-11,25,32H,12-13,15H2,1-4H3,(H,31,34)/t25-/m0/s1. The summed E-state index contributed by atoms with van der Waals surface area (Å²) >= 11 is 7.31. The van der Waals surface area contributed by atoms with Crippen LogP contribution in [0.3, 0.4) is 0 Å². The Bertz CT molecular complexity index is 1340. The van der Waals surface area contributed by atoms with Crippen molar-refractivity contribution in [3.8, 4) is 17.6 Å². The number of halogens is 1. The lowest BCUT2D eigenvalue weighted by Crippen LogP contribution is -2.37. The highest BCUT2D eigenvalue weighted by atomic mass is 35.5. The number of hydrogen-bond acceptors (Lipinski definition) is 7. The van der Waals surface area contributed by atoms with Crippen LogP contribution in [0.5, 0.6) is 11.5 Å². The quantitative estimate of drug-likeness (QED) is 0.460. The van der Waals surface area contributed by atoms with Crippen LogP contribution in [0.15, 0.2) is 64.3 Å². The molecule has 2 aromatic rings. The highest BCUT2D eigenvalue weighted by molar-refractivity contribution is 8.03. The number of amides is 1. The molecule has 0 spiro atoms. The summed E-state index contributed by atoms with van der Waals surface area (Å²) in [4.78, 5) is 26.2. The van der Waals surface area contributed by atoms with Crippen molar-refractivity contribution in [3.05, 3.63) is 74.9 Å². The first-order valence-electron chi connectivity index (χ1n) is 11.7. The van der Waals surface area contributed by atoms with Crippen molar-refractivity contribution in [1.82, 2.24) is 5.32 Å². The molecule has 1 atom stereocenters. The molecule has 2 N–H and O–H groups in total. The Kier molecular flexibility index (Phi) is 7.86. The third-order valence-corrected chi connectivity index (χ3v) is 7.61. The van der Waals surface area contributed by atoms with E-state index in [2.05, 4.69) is 30.6 Å². The number of Topliss-reactive ketones (excluding diaryl/α,β-unsaturated/α-hetero) is 1. The SMILES string of the molecule is COc1ccc([C@H]2C(C#N)=C(SCC(=O)Nc3cc(Cl)ccc3OC)NC3=C2C(=O)CC(C)(C)C3)cc1. The molecule has 1 amide bonds. The highest BCUT2D eigenvalue weighted by Crippen LogP contribution is 2.48. The summed E-state index contributed by atoms with van der Waals surface area (Å²) in [5.41, 5.74) is 2.92. The molecule has 0 radical (unpaired) electrons. The molecule has 0 saturated carbocycles. The zero-order valence-electron chi connectivity index (χ0n) is 21.1. The summed E-state index contributed by atoms with van der Waals surface area (Å²) in [5.74, 6) is 0.453. The predicted molar refractivity (Wildman–Crippen MR) is 146 cm³/mol. The molecule has 192 valence electrons. The second-order valence-electron chi connectivity index (χ2n) is 9.70. The van der Waals surface area contributed by atoms with Gasteiger partial charge in [0, 0.05) is 22.7 Å². The monoisotopic (exact) mass is 537 g/mol. The van der Waals surface area contributed by atoms with E-state index in [-0.39, 0.29) is 22.9 Å². The molecule has 1 aliphatic carbocycles. The van der Waals surface area contributed by atoms with E-state index in [9.17, 15) is 14.9 Å². The normalized spacial score (nSPS) is 18.5. The van der Waals surface area contributed by atoms with Crippen LogP contribution in [0.25, 0.3) is 0 Å². The zero-order chi connectivity index (χ0) is 26.7. The zero-order valence-corrected chi connectivity index (χ0v) is 22.7. The summed E-state index contributed by atoms with van der Waals surface area (Å²) in [7, 11) is 3.10. The summed E-state index contributed by atoms with van der Waals surface area (Å²) in [6.07, 6.45) is 1.07. The van der Waals surface area contributed by atoms with Crippen LogP contribution in [0.2, 0.25) is 5.02 Å². The maximum absolute atomic E-state index is 13.3. The van der Waals surface area contributed by atoms with E-state index in [4.69, 9.17) is 21.1 Å². The van der Waals surface area contributed by atoms with E-state index in [1.807, 2.05) is 24.3 Å². The van der Waals surface area contributed by atoms with Gasteiger partial charge in [-0.25, -0.2) is 0 Å². The minimum absolute atomic E-state index is 0.0298. The number of benzene rings is 2. The average molecular weight is 538 g/mol. The molecule has 2 aliphatic rings. The van der Waals surface area contributed by atoms with Crippen molar-refractivity contribution in [2.45, 2.75) is 32.6 Å². The van der Waals surface area contributed by atoms with Gasteiger partial charge in [-0.15, -0.1) is 0 Å². The molecule has 2 aromatic carbocycles. The lowest BCUT2D eigenvalue weighted by molar-refractivity contribution is -0.118. The second-order valence-corrected chi connectivity index (χ2v) is 11.1. The van der Waals surface area contributed by atoms with E-state index in [1.165, 1.54) is 18.9 Å². The Hall–Kier alpha value is -3.41. The summed E-state index contributed by atoms with van der Waals surface area (Å²) in [6, 6.07) is 14.7. The van der Waals surface area contributed by atoms with Gasteiger partial charge in [-0.05, 0) is 47.7 Å². The first-order chi connectivity index (χ1) is 17.7. The first-order valence-corrected chi connectivity index (χ1v) is 13.1. The lowest BCUT2D eigenvalue weighted by atomic mass is 9.69. The first kappa shape index (κ1) is 26.6. The number of nitrogens with one attached hydrogen (secondary N) is 2. The van der Waals surface area contributed by atoms with E-state index in [0.29, 0.717) is 51.2 Å². The molecule has 0 fully saturated rings. The van der Waals surface area contributed by atoms with Gasteiger partial charge >= 0.3 is 0 Å². The van der Waals surface area contributed by atoms with E-state index < -0.39 is 5.92 Å². The van der Waals surface area contributed by atoms with Crippen molar-refractivity contribution in [2.75, 3.05) is 25.3 Å². The summed E-state index contributed by atoms with van der Waals surface area (Å²) in [5, 5.41) is 17.4. The van der Waals surface area contributed by atoms with Crippen molar-refractivity contribution >= 4 is 40.7 Å². The average Bonchev–Trinajstić information content (AvgIpc) is 2.86. The van der Waals surface area contributed by atoms with Crippen molar-refractivity contribution in [2.24, 2.45) is 5.41 Å². The fraction of sp³-hybridized carbons (Fsp3) is 0.321. The van der Waals surface area contributed by atoms with Gasteiger partial charge in [0.25, 0.3) is 0 Å². The Morgan fingerprint density at radius 2 is 1.92 bits per heavy atom. The van der Waals surface area contributed by atoms with Crippen molar-refractivity contribution in [1.29, 1.82) is 5.26 Å². The topological polar surface area (TPSA) is 100 Å². The van der Waals surface area contributed by atoms with Gasteiger partial charge in [0.05, 0.1) is 48.2 Å². The largest absolute Gasteiger partial charge is 0.497 e. The maximum Gasteiger partial charge on any atom is 0.234 e. The Balaban J connectivity index is 1.65. The van der Waals surface area contributed by atoms with Gasteiger partial charge in [-0.1, -0.05) is 49.3 Å². The summed E-state index contributed by atoms with van der Waals surface area (Å²) < 4.78 is 10.6. The molecule has 1 aliphatic heterocycles. The lowest BCUT2D eigenvalue weighted by Gasteiger charge is -2.39. The van der Waals surface area contributed by atoms with Gasteiger partial charge < -0.3 is 20.1 Å². The number of carbonyl (C=O) groups excluding carboxylic acids is 2. The molecule has 0 aromatic heterocycles. The molecule has 9 heteroatoms. The van der Waals surface area contributed by atoms with E-state index in [0.717, 1.165) is 11.3 Å². The molecule has 0 bridgehead atoms. The Morgan fingerprint density at radius 1 is 1.19 bits per heavy atom. The number of rotatable bonds is 7. The molecule has 0 saturated heterocycles. The van der Waals surface area contributed by atoms with Crippen LogP contribution in [-0.2, 0) is 9.59 Å². The molecular formula is C28H28ClN3O4S. The van der Waals surface area contributed by atoms with Gasteiger partial charge in [0.15, 0.2) is 5.78 Å². The third-order valence-electron chi connectivity index (χ3n) is 6.36. The predicted octanol–water partition coefficient (Wildman–Crippen LogP) is 5.79. The number of hydrogen-bond donors (Lipinski definition) is 2. The molecule has 4 rings (SSSR count). The van der Waals surface area contributed by atoms with Crippen LogP contribution >= 0.6 is 23.4 Å². The number of anilines is 1. The molecule has 7 nitrogen and oxygen atoms in total. The van der Waals surface area contributed by atoms with Crippen LogP contribution < -0.4 is 20.1 Å². The molecule has 0 unspecified atom stereocenters. The van der Waals surface area contributed by atoms with Crippen LogP contribution in [0.4, 0.5) is 5.69 Å². The van der Waals surface area contributed by atoms with E-state index in [1.54, 1.807) is 25.3 Å². The van der Waals surface area contributed by atoms with E-state index >= 15 is 0 Å². The van der Waals surface area contributed by atoms with Crippen LogP contribution in [0.1, 0.15) is 38.2 Å². The third kappa shape index (κ3) is 5.79. The fourth-order valence-electron chi connectivity index (χ4n) is 4.72. The number of nitrogens with zero attached hydrogens (tertiary/aromatic N) is 1. The van der Waals surface area contributed by atoms with Gasteiger partial charge in [-0.2, -0.15) is 5.26 Å². The minimum atomic E-state index is -0.519. The van der Waals surface area contributed by atoms with Gasteiger partial charge in [0.2, 0.25) is 5.91 Å². The highest BCUT2D eigenvalue weighted by Gasteiger charge is 2.42. The van der Waals surface area contributed by atoms with Crippen LogP contribution in [0, 0.1) is 16.7 Å². The number of methoxy groups -OCH3 is 2. The summed E-state index contributed by atoms with van der Waals surface area (Å²) in [6.45, 7) is 4.11. The number of allylic oxidation sites excluding steroid dienone is 3. The smallest absolute Gasteiger partial charge is 0.234 e. The minimum Gasteiger partial charge on any atom is -0.497 e. The van der Waals surface area contributed by atoms with Gasteiger partial charge in [-0.3, -0.25) is 9.59 Å². The Morgan fingerprint density at radius 3 is 2.57 bits per heavy atom.